The van der Waals surface area contributed by atoms with Gasteiger partial charge in [-0.2, -0.15) is 0 Å². The van der Waals surface area contributed by atoms with Crippen molar-refractivity contribution in [3.05, 3.63) is 46.5 Å². The Balaban J connectivity index is 2.43. The smallest absolute Gasteiger partial charge is 0.130 e. The van der Waals surface area contributed by atoms with Crippen molar-refractivity contribution in [2.75, 3.05) is 11.5 Å². The van der Waals surface area contributed by atoms with Gasteiger partial charge in [-0.3, -0.25) is 0 Å². The molecule has 0 fully saturated rings. The van der Waals surface area contributed by atoms with Gasteiger partial charge in [0.2, 0.25) is 0 Å². The number of rotatable bonds is 2. The van der Waals surface area contributed by atoms with E-state index in [9.17, 15) is 0 Å². The molecule has 0 unspecified atom stereocenters. The molecule has 3 nitrogen and oxygen atoms in total. The van der Waals surface area contributed by atoms with E-state index >= 15 is 0 Å². The topological polar surface area (TPSA) is 61.3 Å². The summed E-state index contributed by atoms with van der Waals surface area (Å²) in [5, 5.41) is 0. The Hall–Kier alpha value is -2.16. The molecular formula is C16H20N2O. The predicted octanol–water partition coefficient (Wildman–Crippen LogP) is 3.88. The first-order valence-corrected chi connectivity index (χ1v) is 6.31. The lowest BCUT2D eigenvalue weighted by atomic mass is 10.1. The molecule has 2 rings (SSSR count). The summed E-state index contributed by atoms with van der Waals surface area (Å²) in [6.45, 7) is 8.03. The van der Waals surface area contributed by atoms with Gasteiger partial charge in [-0.1, -0.05) is 0 Å². The number of hydrogen-bond donors (Lipinski definition) is 2. The summed E-state index contributed by atoms with van der Waals surface area (Å²) in [4.78, 5) is 0. The van der Waals surface area contributed by atoms with E-state index in [1.165, 1.54) is 0 Å². The van der Waals surface area contributed by atoms with E-state index in [0.717, 1.165) is 45.1 Å². The van der Waals surface area contributed by atoms with Crippen molar-refractivity contribution < 1.29 is 4.74 Å². The van der Waals surface area contributed by atoms with Gasteiger partial charge in [0, 0.05) is 11.4 Å². The zero-order valence-electron chi connectivity index (χ0n) is 11.9. The van der Waals surface area contributed by atoms with Crippen LogP contribution in [-0.4, -0.2) is 0 Å². The molecule has 0 aliphatic rings. The maximum Gasteiger partial charge on any atom is 0.130 e. The highest BCUT2D eigenvalue weighted by Gasteiger charge is 2.10. The lowest BCUT2D eigenvalue weighted by Gasteiger charge is -2.15. The Bertz CT molecular complexity index is 578. The van der Waals surface area contributed by atoms with Gasteiger partial charge in [0.1, 0.15) is 11.5 Å². The fourth-order valence-corrected chi connectivity index (χ4v) is 1.97. The number of benzene rings is 2. The molecule has 0 aromatic heterocycles. The number of nitrogens with two attached hydrogens (primary N) is 2. The van der Waals surface area contributed by atoms with Crippen molar-refractivity contribution in [3.8, 4) is 11.5 Å². The SMILES string of the molecule is Cc1c(N)ccc(Oc2ccc(N)c(C)c2C)c1C. The summed E-state index contributed by atoms with van der Waals surface area (Å²) in [5.74, 6) is 1.66. The molecule has 0 saturated carbocycles. The van der Waals surface area contributed by atoms with Crippen molar-refractivity contribution in [2.45, 2.75) is 27.7 Å². The van der Waals surface area contributed by atoms with Crippen LogP contribution in [0, 0.1) is 27.7 Å². The summed E-state index contributed by atoms with van der Waals surface area (Å²) >= 11 is 0. The van der Waals surface area contributed by atoms with Gasteiger partial charge >= 0.3 is 0 Å². The van der Waals surface area contributed by atoms with Gasteiger partial charge in [-0.05, 0) is 74.2 Å². The first-order valence-electron chi connectivity index (χ1n) is 6.31. The quantitative estimate of drug-likeness (QED) is 0.802. The summed E-state index contributed by atoms with van der Waals surface area (Å²) in [6, 6.07) is 7.56. The third-order valence-corrected chi connectivity index (χ3v) is 3.78. The fraction of sp³-hybridized carbons (Fsp3) is 0.250. The van der Waals surface area contributed by atoms with Crippen LogP contribution in [0.25, 0.3) is 0 Å². The van der Waals surface area contributed by atoms with E-state index in [-0.39, 0.29) is 0 Å². The van der Waals surface area contributed by atoms with E-state index in [0.29, 0.717) is 0 Å². The third kappa shape index (κ3) is 2.36. The molecule has 0 heterocycles. The molecule has 19 heavy (non-hydrogen) atoms. The molecule has 2 aromatic carbocycles. The standard InChI is InChI=1S/C16H20N2O/c1-9-11(3)15(7-5-13(9)17)19-16-8-6-14(18)10(2)12(16)4/h5-8H,17-18H2,1-4H3. The Morgan fingerprint density at radius 2 is 1.00 bits per heavy atom. The van der Waals surface area contributed by atoms with Crippen molar-refractivity contribution in [1.29, 1.82) is 0 Å². The lowest BCUT2D eigenvalue weighted by molar-refractivity contribution is 0.474. The molecule has 0 amide bonds. The Kier molecular flexibility index (Phi) is 3.38. The highest BCUT2D eigenvalue weighted by molar-refractivity contribution is 5.58. The Labute approximate surface area is 114 Å². The highest BCUT2D eigenvalue weighted by Crippen LogP contribution is 2.33. The van der Waals surface area contributed by atoms with Crippen LogP contribution < -0.4 is 16.2 Å². The monoisotopic (exact) mass is 256 g/mol. The molecule has 3 heteroatoms. The minimum atomic E-state index is 0.787. The number of nitrogen functional groups attached to an aromatic ring is 2. The van der Waals surface area contributed by atoms with Gasteiger partial charge in [0.05, 0.1) is 0 Å². The lowest BCUT2D eigenvalue weighted by Crippen LogP contribution is -1.98. The van der Waals surface area contributed by atoms with Gasteiger partial charge in [0.25, 0.3) is 0 Å². The molecular weight excluding hydrogens is 236 g/mol. The summed E-state index contributed by atoms with van der Waals surface area (Å²) < 4.78 is 6.00. The van der Waals surface area contributed by atoms with Crippen LogP contribution in [0.15, 0.2) is 24.3 Å². The van der Waals surface area contributed by atoms with E-state index in [2.05, 4.69) is 0 Å². The molecule has 0 atom stereocenters. The molecule has 0 bridgehead atoms. The average Bonchev–Trinajstić information content (AvgIpc) is 2.39. The first-order chi connectivity index (χ1) is 8.91. The van der Waals surface area contributed by atoms with Crippen LogP contribution >= 0.6 is 0 Å². The predicted molar refractivity (Wildman–Crippen MR) is 80.7 cm³/mol. The maximum absolute atomic E-state index is 6.00. The van der Waals surface area contributed by atoms with Gasteiger partial charge < -0.3 is 16.2 Å². The molecule has 100 valence electrons. The Morgan fingerprint density at radius 1 is 0.632 bits per heavy atom. The van der Waals surface area contributed by atoms with Crippen LogP contribution in [0.1, 0.15) is 22.3 Å². The van der Waals surface area contributed by atoms with Gasteiger partial charge in [-0.25, -0.2) is 0 Å². The van der Waals surface area contributed by atoms with Crippen LogP contribution in [0.3, 0.4) is 0 Å². The minimum Gasteiger partial charge on any atom is -0.457 e. The fourth-order valence-electron chi connectivity index (χ4n) is 1.97. The normalized spacial score (nSPS) is 10.5. The first kappa shape index (κ1) is 13.3. The summed E-state index contributed by atoms with van der Waals surface area (Å²) in [6.07, 6.45) is 0. The van der Waals surface area contributed by atoms with E-state index in [1.807, 2.05) is 52.0 Å². The second kappa shape index (κ2) is 4.84. The van der Waals surface area contributed by atoms with Crippen molar-refractivity contribution >= 4 is 11.4 Å². The van der Waals surface area contributed by atoms with Gasteiger partial charge in [0.15, 0.2) is 0 Å². The van der Waals surface area contributed by atoms with Crippen molar-refractivity contribution in [1.82, 2.24) is 0 Å². The highest BCUT2D eigenvalue weighted by atomic mass is 16.5. The number of hydrogen-bond acceptors (Lipinski definition) is 3. The second-order valence-electron chi connectivity index (χ2n) is 4.91. The zero-order chi connectivity index (χ0) is 14.2. The average molecular weight is 256 g/mol. The minimum absolute atomic E-state index is 0.787. The molecule has 0 aliphatic heterocycles. The number of ether oxygens (including phenoxy) is 1. The van der Waals surface area contributed by atoms with Crippen LogP contribution in [0.4, 0.5) is 11.4 Å². The molecule has 4 N–H and O–H groups in total. The van der Waals surface area contributed by atoms with E-state index in [1.54, 1.807) is 0 Å². The molecule has 2 aromatic rings. The largest absolute Gasteiger partial charge is 0.457 e. The molecule has 0 aliphatic carbocycles. The van der Waals surface area contributed by atoms with Crippen LogP contribution in [-0.2, 0) is 0 Å². The summed E-state index contributed by atoms with van der Waals surface area (Å²) in [5.41, 5.74) is 17.6. The van der Waals surface area contributed by atoms with Gasteiger partial charge in [-0.15, -0.1) is 0 Å². The molecule has 0 radical (unpaired) electrons. The zero-order valence-corrected chi connectivity index (χ0v) is 11.9. The van der Waals surface area contributed by atoms with E-state index < -0.39 is 0 Å². The second-order valence-corrected chi connectivity index (χ2v) is 4.91. The number of anilines is 2. The Morgan fingerprint density at radius 3 is 1.37 bits per heavy atom. The van der Waals surface area contributed by atoms with Crippen molar-refractivity contribution in [3.63, 3.8) is 0 Å². The molecule has 0 spiro atoms. The van der Waals surface area contributed by atoms with Crippen LogP contribution in [0.2, 0.25) is 0 Å². The van der Waals surface area contributed by atoms with Crippen LogP contribution in [0.5, 0.6) is 11.5 Å². The molecule has 0 saturated heterocycles. The van der Waals surface area contributed by atoms with E-state index in [4.69, 9.17) is 16.2 Å². The van der Waals surface area contributed by atoms with Crippen molar-refractivity contribution in [2.24, 2.45) is 0 Å². The third-order valence-electron chi connectivity index (χ3n) is 3.78. The summed E-state index contributed by atoms with van der Waals surface area (Å²) in [7, 11) is 0. The maximum atomic E-state index is 6.00.